The molecule has 3 N–H and O–H groups in total. The standard InChI is InChI=1S/C7H14N2O2/c1-7(2-3-9-4-7)5-11-6(8)10/h9H,2-5H2,1H3,(H2,8,10)/t7-/m0/s1. The van der Waals surface area contributed by atoms with Crippen LogP contribution in [0.4, 0.5) is 4.79 Å². The topological polar surface area (TPSA) is 64.3 Å². The predicted molar refractivity (Wildman–Crippen MR) is 41.1 cm³/mol. The van der Waals surface area contributed by atoms with Crippen LogP contribution in [0, 0.1) is 5.41 Å². The summed E-state index contributed by atoms with van der Waals surface area (Å²) in [5, 5.41) is 3.20. The molecule has 1 saturated heterocycles. The smallest absolute Gasteiger partial charge is 0.404 e. The van der Waals surface area contributed by atoms with E-state index >= 15 is 0 Å². The molecule has 0 aliphatic carbocycles. The summed E-state index contributed by atoms with van der Waals surface area (Å²) >= 11 is 0. The van der Waals surface area contributed by atoms with E-state index in [-0.39, 0.29) is 5.41 Å². The molecule has 1 aliphatic heterocycles. The largest absolute Gasteiger partial charge is 0.449 e. The normalized spacial score (nSPS) is 30.3. The molecule has 1 heterocycles. The van der Waals surface area contributed by atoms with E-state index in [0.29, 0.717) is 6.61 Å². The number of hydrogen-bond donors (Lipinski definition) is 2. The number of hydrogen-bond acceptors (Lipinski definition) is 3. The van der Waals surface area contributed by atoms with Gasteiger partial charge in [0.2, 0.25) is 0 Å². The highest BCUT2D eigenvalue weighted by molar-refractivity contribution is 5.64. The van der Waals surface area contributed by atoms with Gasteiger partial charge >= 0.3 is 6.09 Å². The van der Waals surface area contributed by atoms with Gasteiger partial charge in [-0.2, -0.15) is 0 Å². The number of primary amides is 1. The van der Waals surface area contributed by atoms with E-state index < -0.39 is 6.09 Å². The summed E-state index contributed by atoms with van der Waals surface area (Å²) in [4.78, 5) is 10.3. The van der Waals surface area contributed by atoms with Gasteiger partial charge in [-0.25, -0.2) is 4.79 Å². The lowest BCUT2D eigenvalue weighted by atomic mass is 9.91. The molecule has 1 atom stereocenters. The Morgan fingerprint density at radius 1 is 1.82 bits per heavy atom. The minimum absolute atomic E-state index is 0.0923. The number of amides is 1. The molecule has 1 amide bonds. The third-order valence-corrected chi connectivity index (χ3v) is 2.02. The van der Waals surface area contributed by atoms with E-state index in [0.717, 1.165) is 19.5 Å². The maximum absolute atomic E-state index is 10.3. The lowest BCUT2D eigenvalue weighted by molar-refractivity contribution is 0.107. The quantitative estimate of drug-likeness (QED) is 0.598. The van der Waals surface area contributed by atoms with E-state index in [4.69, 9.17) is 10.5 Å². The van der Waals surface area contributed by atoms with Crippen LogP contribution in [-0.2, 0) is 4.74 Å². The Hall–Kier alpha value is -0.770. The average Bonchev–Trinajstić information content (AvgIpc) is 2.33. The summed E-state index contributed by atoms with van der Waals surface area (Å²) in [6.07, 6.45) is 0.360. The van der Waals surface area contributed by atoms with Crippen LogP contribution in [0.1, 0.15) is 13.3 Å². The van der Waals surface area contributed by atoms with Crippen molar-refractivity contribution >= 4 is 6.09 Å². The Balaban J connectivity index is 2.28. The lowest BCUT2D eigenvalue weighted by Gasteiger charge is -2.20. The van der Waals surface area contributed by atoms with Crippen LogP contribution in [-0.4, -0.2) is 25.8 Å². The summed E-state index contributed by atoms with van der Waals surface area (Å²) in [5.74, 6) is 0. The minimum Gasteiger partial charge on any atom is -0.449 e. The second-order valence-electron chi connectivity index (χ2n) is 3.35. The molecule has 0 unspecified atom stereocenters. The van der Waals surface area contributed by atoms with Gasteiger partial charge in [-0.05, 0) is 13.0 Å². The molecule has 0 aromatic heterocycles. The first-order valence-corrected chi connectivity index (χ1v) is 3.75. The van der Waals surface area contributed by atoms with Crippen molar-refractivity contribution in [2.75, 3.05) is 19.7 Å². The Bertz CT molecular complexity index is 153. The molecule has 64 valence electrons. The van der Waals surface area contributed by atoms with Gasteiger partial charge < -0.3 is 15.8 Å². The monoisotopic (exact) mass is 158 g/mol. The molecule has 0 radical (unpaired) electrons. The van der Waals surface area contributed by atoms with Gasteiger partial charge in [0.05, 0.1) is 6.61 Å². The van der Waals surface area contributed by atoms with E-state index in [2.05, 4.69) is 12.2 Å². The molecule has 0 spiro atoms. The molecule has 0 saturated carbocycles. The van der Waals surface area contributed by atoms with Crippen molar-refractivity contribution in [3.8, 4) is 0 Å². The van der Waals surface area contributed by atoms with Crippen molar-refractivity contribution < 1.29 is 9.53 Å². The molecular weight excluding hydrogens is 144 g/mol. The average molecular weight is 158 g/mol. The van der Waals surface area contributed by atoms with Crippen LogP contribution in [0.25, 0.3) is 0 Å². The summed E-state index contributed by atoms with van der Waals surface area (Å²) < 4.78 is 4.73. The predicted octanol–water partition coefficient (Wildman–Crippen LogP) is 0.0813. The molecule has 1 aliphatic rings. The summed E-state index contributed by atoms with van der Waals surface area (Å²) in [5.41, 5.74) is 4.94. The number of carbonyl (C=O) groups excluding carboxylic acids is 1. The number of carbonyl (C=O) groups is 1. The zero-order valence-corrected chi connectivity index (χ0v) is 6.72. The van der Waals surface area contributed by atoms with Crippen molar-refractivity contribution in [3.05, 3.63) is 0 Å². The second-order valence-corrected chi connectivity index (χ2v) is 3.35. The SMILES string of the molecule is C[C@]1(COC(N)=O)CCNC1. The zero-order valence-electron chi connectivity index (χ0n) is 6.72. The van der Waals surface area contributed by atoms with Crippen molar-refractivity contribution in [1.82, 2.24) is 5.32 Å². The highest BCUT2D eigenvalue weighted by Crippen LogP contribution is 2.24. The Labute approximate surface area is 66.1 Å². The molecular formula is C7H14N2O2. The molecule has 11 heavy (non-hydrogen) atoms. The number of nitrogens with one attached hydrogen (secondary N) is 1. The third-order valence-electron chi connectivity index (χ3n) is 2.02. The molecule has 1 fully saturated rings. The van der Waals surface area contributed by atoms with E-state index in [1.807, 2.05) is 0 Å². The van der Waals surface area contributed by atoms with Crippen molar-refractivity contribution in [3.63, 3.8) is 0 Å². The Morgan fingerprint density at radius 3 is 3.00 bits per heavy atom. The van der Waals surface area contributed by atoms with Crippen molar-refractivity contribution in [2.45, 2.75) is 13.3 Å². The summed E-state index contributed by atoms with van der Waals surface area (Å²) in [6.45, 7) is 4.41. The molecule has 4 heteroatoms. The van der Waals surface area contributed by atoms with Crippen molar-refractivity contribution in [1.29, 1.82) is 0 Å². The number of nitrogens with two attached hydrogens (primary N) is 1. The first-order chi connectivity index (χ1) is 5.12. The van der Waals surface area contributed by atoms with Crippen LogP contribution in [0.3, 0.4) is 0 Å². The molecule has 0 bridgehead atoms. The van der Waals surface area contributed by atoms with Gasteiger partial charge in [-0.3, -0.25) is 0 Å². The maximum Gasteiger partial charge on any atom is 0.404 e. The van der Waals surface area contributed by atoms with Gasteiger partial charge in [0.25, 0.3) is 0 Å². The summed E-state index contributed by atoms with van der Waals surface area (Å²) in [7, 11) is 0. The maximum atomic E-state index is 10.3. The van der Waals surface area contributed by atoms with Crippen LogP contribution < -0.4 is 11.1 Å². The molecule has 0 aromatic carbocycles. The van der Waals surface area contributed by atoms with Crippen LogP contribution in [0.2, 0.25) is 0 Å². The minimum atomic E-state index is -0.682. The second kappa shape index (κ2) is 3.09. The van der Waals surface area contributed by atoms with Gasteiger partial charge in [-0.1, -0.05) is 6.92 Å². The fourth-order valence-corrected chi connectivity index (χ4v) is 1.24. The Morgan fingerprint density at radius 2 is 2.55 bits per heavy atom. The van der Waals surface area contributed by atoms with Gasteiger partial charge in [-0.15, -0.1) is 0 Å². The fourth-order valence-electron chi connectivity index (χ4n) is 1.24. The fraction of sp³-hybridized carbons (Fsp3) is 0.857. The highest BCUT2D eigenvalue weighted by Gasteiger charge is 2.29. The van der Waals surface area contributed by atoms with Crippen molar-refractivity contribution in [2.24, 2.45) is 11.1 Å². The molecule has 1 rings (SSSR count). The zero-order chi connectivity index (χ0) is 8.32. The highest BCUT2D eigenvalue weighted by atomic mass is 16.5. The Kier molecular flexibility index (Phi) is 2.34. The lowest BCUT2D eigenvalue weighted by Crippen LogP contribution is -2.29. The van der Waals surface area contributed by atoms with E-state index in [1.165, 1.54) is 0 Å². The number of rotatable bonds is 2. The van der Waals surface area contributed by atoms with E-state index in [9.17, 15) is 4.79 Å². The van der Waals surface area contributed by atoms with Gasteiger partial charge in [0.15, 0.2) is 0 Å². The van der Waals surface area contributed by atoms with Gasteiger partial charge in [0.1, 0.15) is 0 Å². The van der Waals surface area contributed by atoms with Gasteiger partial charge in [0, 0.05) is 12.0 Å². The van der Waals surface area contributed by atoms with Crippen LogP contribution in [0.15, 0.2) is 0 Å². The molecule has 0 aromatic rings. The summed E-state index contributed by atoms with van der Waals surface area (Å²) in [6, 6.07) is 0. The van der Waals surface area contributed by atoms with Crippen LogP contribution in [0.5, 0.6) is 0 Å². The molecule has 4 nitrogen and oxygen atoms in total. The first-order valence-electron chi connectivity index (χ1n) is 3.75. The third kappa shape index (κ3) is 2.38. The number of ether oxygens (including phenoxy) is 1. The van der Waals surface area contributed by atoms with Crippen LogP contribution >= 0.6 is 0 Å². The van der Waals surface area contributed by atoms with E-state index in [1.54, 1.807) is 0 Å². The first kappa shape index (κ1) is 8.33.